The van der Waals surface area contributed by atoms with Crippen molar-refractivity contribution in [1.82, 2.24) is 4.98 Å². The number of halogens is 2. The van der Waals surface area contributed by atoms with Gasteiger partial charge in [0.15, 0.2) is 0 Å². The Morgan fingerprint density at radius 3 is 2.53 bits per heavy atom. The maximum absolute atomic E-state index is 12.1. The fourth-order valence-corrected chi connectivity index (χ4v) is 3.26. The van der Waals surface area contributed by atoms with Crippen LogP contribution in [0, 0.1) is 0 Å². The lowest BCUT2D eigenvalue weighted by molar-refractivity contribution is 0.477. The van der Waals surface area contributed by atoms with E-state index >= 15 is 0 Å². The van der Waals surface area contributed by atoms with Crippen LogP contribution in [0.1, 0.15) is 0 Å². The number of aromatic hydroxyl groups is 1. The van der Waals surface area contributed by atoms with Gasteiger partial charge < -0.3 is 5.11 Å². The molecule has 2 aromatic rings. The molecule has 100 valence electrons. The normalized spacial score (nSPS) is 11.3. The monoisotopic (exact) mass is 406 g/mol. The SMILES string of the molecule is O=S(=O)(Nc1cc(Br)ccc1O)c1cncc(Br)c1. The number of anilines is 1. The van der Waals surface area contributed by atoms with E-state index in [0.29, 0.717) is 8.95 Å². The Morgan fingerprint density at radius 1 is 1.11 bits per heavy atom. The largest absolute Gasteiger partial charge is 0.506 e. The van der Waals surface area contributed by atoms with E-state index in [1.807, 2.05) is 0 Å². The number of pyridine rings is 1. The quantitative estimate of drug-likeness (QED) is 0.766. The maximum Gasteiger partial charge on any atom is 0.263 e. The van der Waals surface area contributed by atoms with Crippen LogP contribution in [-0.2, 0) is 10.0 Å². The van der Waals surface area contributed by atoms with E-state index in [2.05, 4.69) is 41.6 Å². The molecule has 1 aromatic carbocycles. The van der Waals surface area contributed by atoms with E-state index < -0.39 is 10.0 Å². The summed E-state index contributed by atoms with van der Waals surface area (Å²) in [7, 11) is -3.80. The second-order valence-corrected chi connectivity index (χ2v) is 7.12. The van der Waals surface area contributed by atoms with Gasteiger partial charge in [-0.3, -0.25) is 9.71 Å². The number of phenolic OH excluding ortho intramolecular Hbond substituents is 1. The molecular weight excluding hydrogens is 400 g/mol. The summed E-state index contributed by atoms with van der Waals surface area (Å²) in [6.45, 7) is 0. The molecule has 0 bridgehead atoms. The molecule has 0 aliphatic heterocycles. The number of hydrogen-bond donors (Lipinski definition) is 2. The number of sulfonamides is 1. The lowest BCUT2D eigenvalue weighted by atomic mass is 10.3. The Kier molecular flexibility index (Phi) is 4.12. The molecule has 2 N–H and O–H groups in total. The van der Waals surface area contributed by atoms with Crippen LogP contribution < -0.4 is 4.72 Å². The van der Waals surface area contributed by atoms with Crippen molar-refractivity contribution in [3.8, 4) is 5.75 Å². The molecule has 1 aromatic heterocycles. The molecule has 0 amide bonds. The molecular formula is C11H8Br2N2O3S. The molecule has 0 atom stereocenters. The lowest BCUT2D eigenvalue weighted by Crippen LogP contribution is -2.13. The zero-order valence-corrected chi connectivity index (χ0v) is 13.3. The van der Waals surface area contributed by atoms with Gasteiger partial charge in [-0.2, -0.15) is 0 Å². The molecule has 19 heavy (non-hydrogen) atoms. The smallest absolute Gasteiger partial charge is 0.263 e. The van der Waals surface area contributed by atoms with Crippen LogP contribution in [0.2, 0.25) is 0 Å². The van der Waals surface area contributed by atoms with Crippen LogP contribution in [-0.4, -0.2) is 18.5 Å². The highest BCUT2D eigenvalue weighted by Crippen LogP contribution is 2.29. The second-order valence-electron chi connectivity index (χ2n) is 3.61. The third kappa shape index (κ3) is 3.46. The Labute approximate surface area is 127 Å². The standard InChI is InChI=1S/C11H8Br2N2O3S/c12-7-1-2-11(16)10(4-7)15-19(17,18)9-3-8(13)5-14-6-9/h1-6,15-16H. The van der Waals surface area contributed by atoms with Crippen molar-refractivity contribution in [1.29, 1.82) is 0 Å². The molecule has 5 nitrogen and oxygen atoms in total. The highest BCUT2D eigenvalue weighted by atomic mass is 79.9. The number of hydrogen-bond acceptors (Lipinski definition) is 4. The van der Waals surface area contributed by atoms with Gasteiger partial charge in [0.2, 0.25) is 0 Å². The molecule has 2 rings (SSSR count). The summed E-state index contributed by atoms with van der Waals surface area (Å²) in [4.78, 5) is 3.80. The number of phenols is 1. The van der Waals surface area contributed by atoms with Gasteiger partial charge in [0.05, 0.1) is 5.69 Å². The predicted octanol–water partition coefficient (Wildman–Crippen LogP) is 3.11. The molecule has 0 aliphatic carbocycles. The first-order valence-corrected chi connectivity index (χ1v) is 8.07. The summed E-state index contributed by atoms with van der Waals surface area (Å²) in [5, 5.41) is 9.63. The zero-order valence-electron chi connectivity index (χ0n) is 9.34. The Bertz CT molecular complexity index is 720. The van der Waals surface area contributed by atoms with Crippen molar-refractivity contribution in [3.63, 3.8) is 0 Å². The minimum atomic E-state index is -3.80. The molecule has 0 unspecified atom stereocenters. The number of rotatable bonds is 3. The molecule has 0 radical (unpaired) electrons. The van der Waals surface area contributed by atoms with Crippen LogP contribution in [0.4, 0.5) is 5.69 Å². The van der Waals surface area contributed by atoms with Gasteiger partial charge in [0, 0.05) is 21.3 Å². The van der Waals surface area contributed by atoms with Crippen LogP contribution >= 0.6 is 31.9 Å². The van der Waals surface area contributed by atoms with Gasteiger partial charge in [-0.1, -0.05) is 15.9 Å². The van der Waals surface area contributed by atoms with Gasteiger partial charge in [-0.25, -0.2) is 8.42 Å². The van der Waals surface area contributed by atoms with Gasteiger partial charge in [0.1, 0.15) is 10.6 Å². The summed E-state index contributed by atoms with van der Waals surface area (Å²) in [6.07, 6.45) is 2.71. The topological polar surface area (TPSA) is 79.3 Å². The van der Waals surface area contributed by atoms with Gasteiger partial charge in [0.25, 0.3) is 10.0 Å². The zero-order chi connectivity index (χ0) is 14.0. The molecule has 1 heterocycles. The molecule has 0 saturated carbocycles. The summed E-state index contributed by atoms with van der Waals surface area (Å²) >= 11 is 6.36. The van der Waals surface area contributed by atoms with E-state index in [1.54, 1.807) is 6.07 Å². The number of nitrogens with one attached hydrogen (secondary N) is 1. The fourth-order valence-electron chi connectivity index (χ4n) is 1.33. The summed E-state index contributed by atoms with van der Waals surface area (Å²) in [5.41, 5.74) is 0.0920. The second kappa shape index (κ2) is 5.48. The number of nitrogens with zero attached hydrogens (tertiary/aromatic N) is 1. The molecule has 0 saturated heterocycles. The van der Waals surface area contributed by atoms with E-state index in [1.165, 1.54) is 30.6 Å². The van der Waals surface area contributed by atoms with Gasteiger partial charge in [-0.05, 0) is 40.2 Å². The highest BCUT2D eigenvalue weighted by Gasteiger charge is 2.17. The van der Waals surface area contributed by atoms with Crippen LogP contribution in [0.5, 0.6) is 5.75 Å². The Hall–Kier alpha value is -1.12. The van der Waals surface area contributed by atoms with Crippen molar-refractivity contribution in [2.45, 2.75) is 4.90 Å². The van der Waals surface area contributed by atoms with Crippen molar-refractivity contribution in [3.05, 3.63) is 45.6 Å². The number of aromatic nitrogens is 1. The van der Waals surface area contributed by atoms with Crippen molar-refractivity contribution < 1.29 is 13.5 Å². The third-order valence-corrected chi connectivity index (χ3v) is 4.45. The van der Waals surface area contributed by atoms with Crippen LogP contribution in [0.3, 0.4) is 0 Å². The van der Waals surface area contributed by atoms with E-state index in [4.69, 9.17) is 0 Å². The predicted molar refractivity (Wildman–Crippen MR) is 78.6 cm³/mol. The Morgan fingerprint density at radius 2 is 1.84 bits per heavy atom. The first-order chi connectivity index (χ1) is 8.88. The minimum absolute atomic E-state index is 0.00116. The summed E-state index contributed by atoms with van der Waals surface area (Å²) in [5.74, 6) is -0.158. The minimum Gasteiger partial charge on any atom is -0.506 e. The van der Waals surface area contributed by atoms with Crippen LogP contribution in [0.25, 0.3) is 0 Å². The van der Waals surface area contributed by atoms with E-state index in [9.17, 15) is 13.5 Å². The Balaban J connectivity index is 2.39. The van der Waals surface area contributed by atoms with E-state index in [0.717, 1.165) is 0 Å². The average Bonchev–Trinajstić information content (AvgIpc) is 2.33. The molecule has 0 spiro atoms. The average molecular weight is 408 g/mol. The van der Waals surface area contributed by atoms with Crippen LogP contribution in [0.15, 0.2) is 50.5 Å². The fraction of sp³-hybridized carbons (Fsp3) is 0. The van der Waals surface area contributed by atoms with Gasteiger partial charge in [-0.15, -0.1) is 0 Å². The summed E-state index contributed by atoms with van der Waals surface area (Å²) < 4.78 is 27.7. The van der Waals surface area contributed by atoms with Crippen molar-refractivity contribution in [2.75, 3.05) is 4.72 Å². The van der Waals surface area contributed by atoms with E-state index in [-0.39, 0.29) is 16.3 Å². The first kappa shape index (κ1) is 14.3. The number of benzene rings is 1. The molecule has 8 heteroatoms. The van der Waals surface area contributed by atoms with Gasteiger partial charge >= 0.3 is 0 Å². The van der Waals surface area contributed by atoms with Crippen molar-refractivity contribution >= 4 is 47.6 Å². The maximum atomic E-state index is 12.1. The summed E-state index contributed by atoms with van der Waals surface area (Å²) in [6, 6.07) is 5.89. The third-order valence-electron chi connectivity index (χ3n) is 2.19. The van der Waals surface area contributed by atoms with Crippen molar-refractivity contribution in [2.24, 2.45) is 0 Å². The first-order valence-electron chi connectivity index (χ1n) is 5.00. The lowest BCUT2D eigenvalue weighted by Gasteiger charge is -2.09. The molecule has 0 aliphatic rings. The molecule has 0 fully saturated rings. The highest BCUT2D eigenvalue weighted by molar-refractivity contribution is 9.10.